The minimum absolute atomic E-state index is 0.0552. The van der Waals surface area contributed by atoms with Crippen LogP contribution in [0, 0.1) is 5.82 Å². The molecule has 1 N–H and O–H groups in total. The van der Waals surface area contributed by atoms with Gasteiger partial charge >= 0.3 is 0 Å². The number of carbonyl (C=O) groups is 2. The van der Waals surface area contributed by atoms with E-state index < -0.39 is 40.2 Å². The molecule has 0 spiro atoms. The number of nitrogens with one attached hydrogen (secondary N) is 1. The number of hydrogen-bond acceptors (Lipinski definition) is 5. The maximum Gasteiger partial charge on any atom is 0.264 e. The van der Waals surface area contributed by atoms with Crippen molar-refractivity contribution in [3.63, 3.8) is 0 Å². The summed E-state index contributed by atoms with van der Waals surface area (Å²) in [5.74, 6) is -1.29. The van der Waals surface area contributed by atoms with Crippen LogP contribution in [-0.4, -0.2) is 51.9 Å². The second-order valence-corrected chi connectivity index (χ2v) is 12.4. The van der Waals surface area contributed by atoms with Gasteiger partial charge in [-0.1, -0.05) is 59.6 Å². The molecular formula is C32H30Cl2FN3O5S. The molecule has 230 valence electrons. The van der Waals surface area contributed by atoms with Gasteiger partial charge in [0.2, 0.25) is 11.8 Å². The molecular weight excluding hydrogens is 628 g/mol. The Kier molecular flexibility index (Phi) is 10.9. The number of halogens is 3. The van der Waals surface area contributed by atoms with Crippen LogP contribution in [0.3, 0.4) is 0 Å². The molecule has 44 heavy (non-hydrogen) atoms. The molecule has 0 saturated carbocycles. The molecule has 4 rings (SSSR count). The van der Waals surface area contributed by atoms with E-state index in [1.54, 1.807) is 12.1 Å². The summed E-state index contributed by atoms with van der Waals surface area (Å²) in [5.41, 5.74) is 1.33. The van der Waals surface area contributed by atoms with Crippen LogP contribution in [-0.2, 0) is 32.6 Å². The quantitative estimate of drug-likeness (QED) is 0.210. The van der Waals surface area contributed by atoms with Gasteiger partial charge in [0, 0.05) is 30.1 Å². The number of ether oxygens (including phenoxy) is 1. The van der Waals surface area contributed by atoms with Crippen molar-refractivity contribution in [2.45, 2.75) is 23.9 Å². The van der Waals surface area contributed by atoms with Gasteiger partial charge in [-0.3, -0.25) is 13.9 Å². The molecule has 4 aromatic rings. The summed E-state index contributed by atoms with van der Waals surface area (Å²) in [4.78, 5) is 28.8. The third-order valence-electron chi connectivity index (χ3n) is 6.91. The van der Waals surface area contributed by atoms with Gasteiger partial charge in [0.05, 0.1) is 17.7 Å². The number of rotatable bonds is 12. The predicted octanol–water partition coefficient (Wildman–Crippen LogP) is 5.72. The third-order valence-corrected chi connectivity index (χ3v) is 9.29. The molecule has 0 radical (unpaired) electrons. The summed E-state index contributed by atoms with van der Waals surface area (Å²) in [6.45, 7) is -0.826. The first-order valence-electron chi connectivity index (χ1n) is 13.4. The average molecular weight is 659 g/mol. The summed E-state index contributed by atoms with van der Waals surface area (Å²) in [6, 6.07) is 23.2. The van der Waals surface area contributed by atoms with Crippen LogP contribution in [0.2, 0.25) is 10.0 Å². The number of likely N-dealkylation sites (N-methyl/N-ethyl adjacent to an activating group) is 1. The fourth-order valence-corrected chi connectivity index (χ4v) is 6.45. The molecule has 0 fully saturated rings. The van der Waals surface area contributed by atoms with Crippen molar-refractivity contribution in [3.8, 4) is 5.75 Å². The molecule has 0 heterocycles. The van der Waals surface area contributed by atoms with Crippen LogP contribution in [0.25, 0.3) is 0 Å². The van der Waals surface area contributed by atoms with Gasteiger partial charge in [0.25, 0.3) is 10.0 Å². The summed E-state index contributed by atoms with van der Waals surface area (Å²) in [7, 11) is -1.45. The average Bonchev–Trinajstić information content (AvgIpc) is 3.03. The lowest BCUT2D eigenvalue weighted by molar-refractivity contribution is -0.139. The Balaban J connectivity index is 1.80. The van der Waals surface area contributed by atoms with Crippen molar-refractivity contribution in [2.24, 2.45) is 0 Å². The lowest BCUT2D eigenvalue weighted by Gasteiger charge is -2.33. The SMILES string of the molecule is CNC(=O)[C@@H](Cc1ccccc1)N(Cc1ccc(Cl)cc1Cl)C(=O)CN(c1ccc(F)cc1)S(=O)(=O)c1ccc(OC)cc1. The molecule has 0 aliphatic carbocycles. The van der Waals surface area contributed by atoms with Crippen LogP contribution in [0.15, 0.2) is 102 Å². The molecule has 0 saturated heterocycles. The van der Waals surface area contributed by atoms with Crippen LogP contribution in [0.1, 0.15) is 11.1 Å². The van der Waals surface area contributed by atoms with E-state index in [1.807, 2.05) is 30.3 Å². The highest BCUT2D eigenvalue weighted by atomic mass is 35.5. The van der Waals surface area contributed by atoms with Gasteiger partial charge < -0.3 is 15.0 Å². The second-order valence-electron chi connectivity index (χ2n) is 9.74. The van der Waals surface area contributed by atoms with Crippen molar-refractivity contribution in [1.82, 2.24) is 10.2 Å². The molecule has 2 amide bonds. The van der Waals surface area contributed by atoms with E-state index >= 15 is 0 Å². The zero-order valence-corrected chi connectivity index (χ0v) is 26.2. The monoisotopic (exact) mass is 657 g/mol. The van der Waals surface area contributed by atoms with E-state index in [4.69, 9.17) is 27.9 Å². The van der Waals surface area contributed by atoms with Crippen LogP contribution in [0.4, 0.5) is 10.1 Å². The van der Waals surface area contributed by atoms with Crippen molar-refractivity contribution in [1.29, 1.82) is 0 Å². The van der Waals surface area contributed by atoms with Crippen LogP contribution >= 0.6 is 23.2 Å². The van der Waals surface area contributed by atoms with Gasteiger partial charge in [0.15, 0.2) is 0 Å². The van der Waals surface area contributed by atoms with E-state index in [2.05, 4.69) is 5.32 Å². The maximum atomic E-state index is 14.3. The lowest BCUT2D eigenvalue weighted by atomic mass is 10.0. The topological polar surface area (TPSA) is 96.0 Å². The Morgan fingerprint density at radius 2 is 1.59 bits per heavy atom. The van der Waals surface area contributed by atoms with Crippen molar-refractivity contribution in [2.75, 3.05) is 25.0 Å². The van der Waals surface area contributed by atoms with Gasteiger partial charge in [-0.25, -0.2) is 12.8 Å². The first kappa shape index (κ1) is 32.8. The highest BCUT2D eigenvalue weighted by Gasteiger charge is 2.34. The summed E-state index contributed by atoms with van der Waals surface area (Å²) in [5, 5.41) is 3.27. The standard InChI is InChI=1S/C32H30Cl2FN3O5S/c1-36-32(40)30(18-22-6-4-3-5-7-22)37(20-23-8-9-24(33)19-29(23)34)31(39)21-38(26-12-10-25(35)11-13-26)44(41,42)28-16-14-27(43-2)15-17-28/h3-17,19,30H,18,20-21H2,1-2H3,(H,36,40)/t30-/m1/s1. The zero-order chi connectivity index (χ0) is 31.9. The van der Waals surface area contributed by atoms with Gasteiger partial charge in [-0.2, -0.15) is 0 Å². The number of anilines is 1. The largest absolute Gasteiger partial charge is 0.497 e. The molecule has 0 unspecified atom stereocenters. The Labute approximate surface area is 266 Å². The van der Waals surface area contributed by atoms with Crippen LogP contribution < -0.4 is 14.4 Å². The van der Waals surface area contributed by atoms with E-state index in [9.17, 15) is 22.4 Å². The smallest absolute Gasteiger partial charge is 0.264 e. The maximum absolute atomic E-state index is 14.3. The van der Waals surface area contributed by atoms with Gasteiger partial charge in [-0.15, -0.1) is 0 Å². The number of carbonyl (C=O) groups excluding carboxylic acids is 2. The predicted molar refractivity (Wildman–Crippen MR) is 169 cm³/mol. The van der Waals surface area contributed by atoms with Gasteiger partial charge in [-0.05, 0) is 71.8 Å². The molecule has 0 bridgehead atoms. The zero-order valence-electron chi connectivity index (χ0n) is 23.9. The molecule has 12 heteroatoms. The Morgan fingerprint density at radius 3 is 2.18 bits per heavy atom. The first-order chi connectivity index (χ1) is 21.0. The van der Waals surface area contributed by atoms with E-state index in [0.29, 0.717) is 16.3 Å². The first-order valence-corrected chi connectivity index (χ1v) is 15.6. The Morgan fingerprint density at radius 1 is 0.932 bits per heavy atom. The summed E-state index contributed by atoms with van der Waals surface area (Å²) in [6.07, 6.45) is 0.138. The molecule has 8 nitrogen and oxygen atoms in total. The number of amides is 2. The minimum atomic E-state index is -4.35. The van der Waals surface area contributed by atoms with E-state index in [-0.39, 0.29) is 28.6 Å². The van der Waals surface area contributed by atoms with Crippen molar-refractivity contribution in [3.05, 3.63) is 124 Å². The number of methoxy groups -OCH3 is 1. The number of hydrogen-bond donors (Lipinski definition) is 1. The van der Waals surface area contributed by atoms with Gasteiger partial charge in [0.1, 0.15) is 24.2 Å². The Hall–Kier alpha value is -4.12. The summed E-state index contributed by atoms with van der Waals surface area (Å²) >= 11 is 12.6. The van der Waals surface area contributed by atoms with Crippen LogP contribution in [0.5, 0.6) is 5.75 Å². The molecule has 1 atom stereocenters. The Bertz CT molecular complexity index is 1710. The number of sulfonamides is 1. The van der Waals surface area contributed by atoms with E-state index in [0.717, 1.165) is 22.0 Å². The fraction of sp³-hybridized carbons (Fsp3) is 0.188. The normalized spacial score (nSPS) is 11.8. The minimum Gasteiger partial charge on any atom is -0.497 e. The fourth-order valence-electron chi connectivity index (χ4n) is 4.57. The highest BCUT2D eigenvalue weighted by molar-refractivity contribution is 7.92. The number of nitrogens with zero attached hydrogens (tertiary/aromatic N) is 2. The number of benzene rings is 4. The van der Waals surface area contributed by atoms with Crippen molar-refractivity contribution >= 4 is 50.7 Å². The molecule has 0 aromatic heterocycles. The molecule has 0 aliphatic heterocycles. The second kappa shape index (κ2) is 14.6. The highest BCUT2D eigenvalue weighted by Crippen LogP contribution is 2.28. The third kappa shape index (κ3) is 7.88. The molecule has 0 aliphatic rings. The van der Waals surface area contributed by atoms with Crippen molar-refractivity contribution < 1.29 is 27.1 Å². The summed E-state index contributed by atoms with van der Waals surface area (Å²) < 4.78 is 47.9. The van der Waals surface area contributed by atoms with E-state index in [1.165, 1.54) is 61.5 Å². The lowest BCUT2D eigenvalue weighted by Crippen LogP contribution is -2.53. The molecule has 4 aromatic carbocycles.